The molecule has 2 heterocycles. The van der Waals surface area contributed by atoms with Crippen molar-refractivity contribution in [3.8, 4) is 0 Å². The van der Waals surface area contributed by atoms with E-state index in [9.17, 15) is 22.8 Å². The van der Waals surface area contributed by atoms with Crippen LogP contribution in [0.1, 0.15) is 33.6 Å². The molecule has 0 aromatic rings. The molecule has 4 amide bonds. The summed E-state index contributed by atoms with van der Waals surface area (Å²) in [5.41, 5.74) is 3.85. The minimum atomic E-state index is -4.83. The van der Waals surface area contributed by atoms with Gasteiger partial charge in [-0.05, 0) is 12.8 Å². The van der Waals surface area contributed by atoms with Gasteiger partial charge >= 0.3 is 16.4 Å². The van der Waals surface area contributed by atoms with Crippen molar-refractivity contribution in [2.75, 3.05) is 6.54 Å². The molecule has 11 nitrogen and oxygen atoms in total. The molecule has 0 unspecified atom stereocenters. The standard InChI is InChI=1S/C12H20N4O7S/c1-12(2,3)10(18)14-13-9(17)8-5-4-7-6-15(8)11(19)16(7)23-24(20,21)22/h7-8H,4-6H2,1-3H3,(H,13,17)(H,14,18)(H,20,21,22)/t7-,8+/m0/s1. The molecular weight excluding hydrogens is 344 g/mol. The fourth-order valence-corrected chi connectivity index (χ4v) is 2.88. The zero-order valence-corrected chi connectivity index (χ0v) is 14.3. The van der Waals surface area contributed by atoms with Gasteiger partial charge in [-0.2, -0.15) is 13.5 Å². The summed E-state index contributed by atoms with van der Waals surface area (Å²) in [6, 6.07) is -2.28. The molecule has 3 N–H and O–H groups in total. The highest BCUT2D eigenvalue weighted by Gasteiger charge is 2.49. The first kappa shape index (κ1) is 18.4. The number of hydroxylamine groups is 2. The second kappa shape index (κ2) is 6.18. The third-order valence-corrected chi connectivity index (χ3v) is 4.13. The van der Waals surface area contributed by atoms with Crippen molar-refractivity contribution >= 4 is 28.2 Å². The number of fused-ring (bicyclic) bond motifs is 2. The lowest BCUT2D eigenvalue weighted by molar-refractivity contribution is -0.135. The molecule has 0 aliphatic carbocycles. The fourth-order valence-electron chi connectivity index (χ4n) is 2.49. The normalized spacial score (nSPS) is 24.1. The molecular formula is C12H20N4O7S. The minimum Gasteiger partial charge on any atom is -0.309 e. The van der Waals surface area contributed by atoms with Crippen LogP contribution in [-0.2, 0) is 24.3 Å². The first-order valence-electron chi connectivity index (χ1n) is 7.27. The summed E-state index contributed by atoms with van der Waals surface area (Å²) in [4.78, 5) is 37.3. The molecule has 0 radical (unpaired) electrons. The van der Waals surface area contributed by atoms with E-state index < -0.39 is 45.7 Å². The topological polar surface area (TPSA) is 145 Å². The Hall–Kier alpha value is -1.92. The van der Waals surface area contributed by atoms with Crippen molar-refractivity contribution in [2.45, 2.75) is 45.7 Å². The van der Waals surface area contributed by atoms with E-state index in [1.54, 1.807) is 20.8 Å². The lowest BCUT2D eigenvalue weighted by Gasteiger charge is -2.29. The molecule has 0 aromatic heterocycles. The van der Waals surface area contributed by atoms with Gasteiger partial charge in [0.15, 0.2) is 0 Å². The number of hydrogen-bond acceptors (Lipinski definition) is 6. The van der Waals surface area contributed by atoms with Gasteiger partial charge in [0.05, 0.1) is 6.04 Å². The van der Waals surface area contributed by atoms with E-state index in [4.69, 9.17) is 4.55 Å². The number of urea groups is 1. The number of nitrogens with zero attached hydrogens (tertiary/aromatic N) is 2. The Bertz CT molecular complexity index is 657. The monoisotopic (exact) mass is 364 g/mol. The summed E-state index contributed by atoms with van der Waals surface area (Å²) in [6.45, 7) is 5.11. The Morgan fingerprint density at radius 2 is 1.88 bits per heavy atom. The third kappa shape index (κ3) is 3.94. The van der Waals surface area contributed by atoms with Crippen LogP contribution in [0.5, 0.6) is 0 Å². The van der Waals surface area contributed by atoms with E-state index in [1.165, 1.54) is 0 Å². The molecule has 2 saturated heterocycles. The third-order valence-electron chi connectivity index (χ3n) is 3.78. The smallest absolute Gasteiger partial charge is 0.309 e. The van der Waals surface area contributed by atoms with E-state index in [0.29, 0.717) is 11.5 Å². The summed E-state index contributed by atoms with van der Waals surface area (Å²) in [5.74, 6) is -0.985. The van der Waals surface area contributed by atoms with Crippen LogP contribution in [-0.4, -0.2) is 59.4 Å². The highest BCUT2D eigenvalue weighted by molar-refractivity contribution is 7.80. The van der Waals surface area contributed by atoms with Crippen LogP contribution in [0, 0.1) is 5.41 Å². The molecule has 2 aliphatic rings. The Kier molecular flexibility index (Phi) is 4.74. The molecule has 2 bridgehead atoms. The van der Waals surface area contributed by atoms with E-state index in [1.807, 2.05) is 0 Å². The van der Waals surface area contributed by atoms with E-state index in [0.717, 1.165) is 4.90 Å². The number of piperidine rings is 1. The Labute approximate surface area is 139 Å². The molecule has 12 heteroatoms. The van der Waals surface area contributed by atoms with Gasteiger partial charge < -0.3 is 4.90 Å². The van der Waals surface area contributed by atoms with Crippen LogP contribution in [0.3, 0.4) is 0 Å². The molecule has 2 fully saturated rings. The van der Waals surface area contributed by atoms with Crippen molar-refractivity contribution < 1.29 is 31.6 Å². The largest absolute Gasteiger partial charge is 0.418 e. The average molecular weight is 364 g/mol. The van der Waals surface area contributed by atoms with Crippen LogP contribution in [0.25, 0.3) is 0 Å². The molecule has 24 heavy (non-hydrogen) atoms. The number of rotatable bonds is 3. The number of nitrogens with one attached hydrogen (secondary N) is 2. The van der Waals surface area contributed by atoms with Gasteiger partial charge in [0.25, 0.3) is 5.91 Å². The SMILES string of the molecule is CC(C)(C)C(=O)NNC(=O)[C@H]1CC[C@H]2CN1C(=O)N2OS(=O)(=O)O. The van der Waals surface area contributed by atoms with Crippen LogP contribution >= 0.6 is 0 Å². The summed E-state index contributed by atoms with van der Waals surface area (Å²) in [5, 5.41) is 0.552. The second-order valence-corrected chi connectivity index (χ2v) is 7.71. The molecule has 2 atom stereocenters. The fraction of sp³-hybridized carbons (Fsp3) is 0.750. The molecule has 2 aliphatic heterocycles. The zero-order chi connectivity index (χ0) is 18.3. The van der Waals surface area contributed by atoms with Gasteiger partial charge in [0.2, 0.25) is 5.91 Å². The van der Waals surface area contributed by atoms with Gasteiger partial charge in [-0.3, -0.25) is 25.0 Å². The van der Waals surface area contributed by atoms with E-state index >= 15 is 0 Å². The number of hydrazine groups is 1. The maximum atomic E-state index is 12.2. The highest BCUT2D eigenvalue weighted by Crippen LogP contribution is 2.30. The van der Waals surface area contributed by atoms with Crippen molar-refractivity contribution in [2.24, 2.45) is 5.41 Å². The lowest BCUT2D eigenvalue weighted by atomic mass is 9.96. The average Bonchev–Trinajstić information content (AvgIpc) is 2.67. The highest BCUT2D eigenvalue weighted by atomic mass is 32.3. The summed E-state index contributed by atoms with van der Waals surface area (Å²) in [7, 11) is -4.83. The number of amides is 4. The minimum absolute atomic E-state index is 0.0830. The Morgan fingerprint density at radius 3 is 2.42 bits per heavy atom. The quantitative estimate of drug-likeness (QED) is 0.438. The number of carbonyl (C=O) groups excluding carboxylic acids is 3. The number of carbonyl (C=O) groups is 3. The maximum absolute atomic E-state index is 12.2. The van der Waals surface area contributed by atoms with Crippen molar-refractivity contribution in [3.63, 3.8) is 0 Å². The first-order valence-corrected chi connectivity index (χ1v) is 8.64. The molecule has 2 rings (SSSR count). The maximum Gasteiger partial charge on any atom is 0.418 e. The van der Waals surface area contributed by atoms with Gasteiger partial charge in [-0.1, -0.05) is 20.8 Å². The van der Waals surface area contributed by atoms with Crippen LogP contribution in [0.2, 0.25) is 0 Å². The number of hydrogen-bond donors (Lipinski definition) is 3. The molecule has 0 spiro atoms. The predicted molar refractivity (Wildman–Crippen MR) is 79.1 cm³/mol. The van der Waals surface area contributed by atoms with Crippen LogP contribution in [0.4, 0.5) is 4.79 Å². The van der Waals surface area contributed by atoms with Crippen LogP contribution < -0.4 is 10.9 Å². The Balaban J connectivity index is 2.01. The van der Waals surface area contributed by atoms with Crippen molar-refractivity contribution in [1.29, 1.82) is 0 Å². The summed E-state index contributed by atoms with van der Waals surface area (Å²) < 4.78 is 34.6. The van der Waals surface area contributed by atoms with Crippen molar-refractivity contribution in [3.05, 3.63) is 0 Å². The molecule has 0 aromatic carbocycles. The first-order chi connectivity index (χ1) is 10.9. The van der Waals surface area contributed by atoms with E-state index in [2.05, 4.69) is 15.1 Å². The van der Waals surface area contributed by atoms with E-state index in [-0.39, 0.29) is 13.0 Å². The predicted octanol–water partition coefficient (Wildman–Crippen LogP) is -0.817. The zero-order valence-electron chi connectivity index (χ0n) is 13.5. The van der Waals surface area contributed by atoms with Gasteiger partial charge in [-0.25, -0.2) is 4.79 Å². The van der Waals surface area contributed by atoms with Crippen LogP contribution in [0.15, 0.2) is 0 Å². The lowest BCUT2D eigenvalue weighted by Crippen LogP contribution is -2.55. The van der Waals surface area contributed by atoms with Gasteiger partial charge in [0.1, 0.15) is 6.04 Å². The Morgan fingerprint density at radius 1 is 1.25 bits per heavy atom. The van der Waals surface area contributed by atoms with Gasteiger partial charge in [0, 0.05) is 12.0 Å². The molecule has 0 saturated carbocycles. The second-order valence-electron chi connectivity index (χ2n) is 6.70. The van der Waals surface area contributed by atoms with Crippen molar-refractivity contribution in [1.82, 2.24) is 20.8 Å². The molecule has 136 valence electrons. The van der Waals surface area contributed by atoms with Gasteiger partial charge in [-0.15, -0.1) is 4.28 Å². The summed E-state index contributed by atoms with van der Waals surface area (Å²) >= 11 is 0. The summed E-state index contributed by atoms with van der Waals surface area (Å²) in [6.07, 6.45) is 0.571.